The van der Waals surface area contributed by atoms with E-state index in [0.717, 1.165) is 12.3 Å². The fourth-order valence-corrected chi connectivity index (χ4v) is 5.10. The Morgan fingerprint density at radius 3 is 2.20 bits per heavy atom. The topological polar surface area (TPSA) is 63.0 Å². The molecule has 12 heteroatoms. The van der Waals surface area contributed by atoms with Gasteiger partial charge in [0.1, 0.15) is 22.9 Å². The fourth-order valence-electron chi connectivity index (χ4n) is 5.10. The maximum Gasteiger partial charge on any atom is 0.433 e. The summed E-state index contributed by atoms with van der Waals surface area (Å²) in [5.74, 6) is -1.29. The van der Waals surface area contributed by atoms with Crippen LogP contribution in [0.15, 0.2) is 48.7 Å². The van der Waals surface area contributed by atoms with E-state index in [-0.39, 0.29) is 41.6 Å². The molecular weight excluding hydrogens is 533 g/mol. The molecule has 1 saturated heterocycles. The molecule has 0 saturated carbocycles. The second-order valence-corrected chi connectivity index (χ2v) is 9.66. The van der Waals surface area contributed by atoms with Crippen LogP contribution in [0.3, 0.4) is 0 Å². The molecule has 1 amide bonds. The Kier molecular flexibility index (Phi) is 7.21. The maximum atomic E-state index is 14.2. The summed E-state index contributed by atoms with van der Waals surface area (Å²) in [5.41, 5.74) is -0.383. The van der Waals surface area contributed by atoms with Crippen molar-refractivity contribution in [2.75, 3.05) is 33.3 Å². The number of rotatable bonds is 5. The van der Waals surface area contributed by atoms with Gasteiger partial charge in [-0.25, -0.2) is 18.3 Å². The predicted octanol–water partition coefficient (Wildman–Crippen LogP) is 5.53. The zero-order valence-corrected chi connectivity index (χ0v) is 22.0. The lowest BCUT2D eigenvalue weighted by atomic mass is 10.0. The van der Waals surface area contributed by atoms with E-state index in [9.17, 15) is 26.7 Å². The molecule has 2 aromatic carbocycles. The Hall–Kier alpha value is -4.06. The van der Waals surface area contributed by atoms with Gasteiger partial charge in [0.05, 0.1) is 19.0 Å². The lowest BCUT2D eigenvalue weighted by Gasteiger charge is -2.38. The molecule has 1 aliphatic heterocycles. The molecule has 1 atom stereocenters. The average Bonchev–Trinajstić information content (AvgIpc) is 3.33. The lowest BCUT2D eigenvalue weighted by molar-refractivity contribution is -0.143. The van der Waals surface area contributed by atoms with E-state index in [2.05, 4.69) is 10.1 Å². The van der Waals surface area contributed by atoms with Gasteiger partial charge in [-0.05, 0) is 55.8 Å². The third-order valence-electron chi connectivity index (χ3n) is 7.26. The van der Waals surface area contributed by atoms with E-state index in [0.29, 0.717) is 34.5 Å². The van der Waals surface area contributed by atoms with Crippen molar-refractivity contribution in [3.63, 3.8) is 0 Å². The predicted molar refractivity (Wildman–Crippen MR) is 137 cm³/mol. The van der Waals surface area contributed by atoms with Crippen LogP contribution < -0.4 is 4.74 Å². The second kappa shape index (κ2) is 10.5. The minimum atomic E-state index is -4.75. The first-order valence-corrected chi connectivity index (χ1v) is 12.6. The van der Waals surface area contributed by atoms with Crippen LogP contribution in [0.1, 0.15) is 40.1 Å². The molecule has 5 rings (SSSR count). The van der Waals surface area contributed by atoms with Crippen LogP contribution in [0.4, 0.5) is 22.0 Å². The molecule has 0 spiro atoms. The number of hydrogen-bond donors (Lipinski definition) is 0. The molecule has 3 heterocycles. The Morgan fingerprint density at radius 1 is 1.00 bits per heavy atom. The van der Waals surface area contributed by atoms with Crippen LogP contribution in [0.5, 0.6) is 5.75 Å². The van der Waals surface area contributed by atoms with Crippen molar-refractivity contribution >= 4 is 11.6 Å². The van der Waals surface area contributed by atoms with Crippen molar-refractivity contribution in [2.24, 2.45) is 0 Å². The lowest BCUT2D eigenvalue weighted by Crippen LogP contribution is -2.49. The van der Waals surface area contributed by atoms with Crippen LogP contribution >= 0.6 is 0 Å². The number of hydrogen-bond acceptors (Lipinski definition) is 5. The van der Waals surface area contributed by atoms with Gasteiger partial charge in [0.15, 0.2) is 11.3 Å². The molecule has 210 valence electrons. The van der Waals surface area contributed by atoms with Crippen LogP contribution in [-0.4, -0.2) is 63.6 Å². The number of alkyl halides is 3. The van der Waals surface area contributed by atoms with Crippen molar-refractivity contribution in [1.29, 1.82) is 0 Å². The van der Waals surface area contributed by atoms with Crippen LogP contribution in [0.2, 0.25) is 0 Å². The molecule has 0 unspecified atom stereocenters. The van der Waals surface area contributed by atoms with Gasteiger partial charge in [-0.2, -0.15) is 18.3 Å². The van der Waals surface area contributed by atoms with E-state index in [1.165, 1.54) is 31.1 Å². The van der Waals surface area contributed by atoms with Gasteiger partial charge >= 0.3 is 6.18 Å². The Bertz CT molecular complexity index is 1540. The maximum absolute atomic E-state index is 14.2. The summed E-state index contributed by atoms with van der Waals surface area (Å²) in [5, 5.41) is 3.91. The third kappa shape index (κ3) is 5.10. The molecular formula is C28H26F5N5O2. The average molecular weight is 560 g/mol. The largest absolute Gasteiger partial charge is 0.497 e. The van der Waals surface area contributed by atoms with Gasteiger partial charge in [-0.15, -0.1) is 0 Å². The Morgan fingerprint density at radius 2 is 1.62 bits per heavy atom. The number of nitrogens with zero attached hydrogens (tertiary/aromatic N) is 5. The first-order valence-electron chi connectivity index (χ1n) is 12.6. The number of carbonyl (C=O) groups is 1. The van der Waals surface area contributed by atoms with E-state index >= 15 is 0 Å². The van der Waals surface area contributed by atoms with E-state index in [1.54, 1.807) is 24.3 Å². The zero-order chi connectivity index (χ0) is 28.8. The van der Waals surface area contributed by atoms with E-state index in [1.807, 2.05) is 11.8 Å². The molecule has 0 radical (unpaired) electrons. The van der Waals surface area contributed by atoms with Gasteiger partial charge < -0.3 is 9.64 Å². The molecule has 2 aromatic heterocycles. The van der Waals surface area contributed by atoms with Crippen molar-refractivity contribution in [1.82, 2.24) is 24.4 Å². The van der Waals surface area contributed by atoms with Crippen molar-refractivity contribution in [3.8, 4) is 17.0 Å². The smallest absolute Gasteiger partial charge is 0.433 e. The highest BCUT2D eigenvalue weighted by Crippen LogP contribution is 2.37. The number of amides is 1. The molecule has 0 aliphatic carbocycles. The van der Waals surface area contributed by atoms with Gasteiger partial charge in [0, 0.05) is 49.4 Å². The van der Waals surface area contributed by atoms with E-state index < -0.39 is 29.4 Å². The standard InChI is InChI=1S/C28H26F5N5O2/c1-16-24(18-4-6-22(40-3)7-5-18)35-26-23(15-34-38(26)25(16)28(31,32)33)27(39)37-10-8-36(9-11-37)17(2)19-12-20(29)14-21(30)13-19/h4-7,12-15,17H,8-11H2,1-3H3/t17-/m0/s1. The Balaban J connectivity index is 1.44. The molecule has 4 aromatic rings. The third-order valence-corrected chi connectivity index (χ3v) is 7.26. The molecule has 1 aliphatic rings. The van der Waals surface area contributed by atoms with Gasteiger partial charge in [0.25, 0.3) is 5.91 Å². The van der Waals surface area contributed by atoms with E-state index in [4.69, 9.17) is 4.74 Å². The Labute approximate surface area is 226 Å². The molecule has 40 heavy (non-hydrogen) atoms. The molecule has 0 bridgehead atoms. The molecule has 0 N–H and O–H groups in total. The van der Waals surface area contributed by atoms with Gasteiger partial charge in [-0.3, -0.25) is 9.69 Å². The number of aromatic nitrogens is 3. The summed E-state index contributed by atoms with van der Waals surface area (Å²) in [6, 6.07) is 9.51. The van der Waals surface area contributed by atoms with Crippen molar-refractivity contribution in [3.05, 3.63) is 82.7 Å². The highest BCUT2D eigenvalue weighted by atomic mass is 19.4. The van der Waals surface area contributed by atoms with Gasteiger partial charge in [0.2, 0.25) is 0 Å². The summed E-state index contributed by atoms with van der Waals surface area (Å²) in [4.78, 5) is 21.5. The fraction of sp³-hybridized carbons (Fsp3) is 0.321. The first-order chi connectivity index (χ1) is 19.0. The number of piperazine rings is 1. The van der Waals surface area contributed by atoms with Crippen LogP contribution in [-0.2, 0) is 6.18 Å². The summed E-state index contributed by atoms with van der Waals surface area (Å²) in [6.45, 7) is 4.48. The number of ether oxygens (including phenoxy) is 1. The quantitative estimate of drug-likeness (QED) is 0.301. The summed E-state index contributed by atoms with van der Waals surface area (Å²) in [7, 11) is 1.48. The summed E-state index contributed by atoms with van der Waals surface area (Å²) < 4.78 is 75.9. The molecule has 1 fully saturated rings. The number of carbonyl (C=O) groups excluding carboxylic acids is 1. The second-order valence-electron chi connectivity index (χ2n) is 9.66. The van der Waals surface area contributed by atoms with Crippen molar-refractivity contribution < 1.29 is 31.5 Å². The normalized spacial score (nSPS) is 15.4. The number of fused-ring (bicyclic) bond motifs is 1. The first kappa shape index (κ1) is 27.5. The molecule has 7 nitrogen and oxygen atoms in total. The minimum absolute atomic E-state index is 0.0473. The van der Waals surface area contributed by atoms with Crippen molar-refractivity contribution in [2.45, 2.75) is 26.1 Å². The minimum Gasteiger partial charge on any atom is -0.497 e. The number of benzene rings is 2. The van der Waals surface area contributed by atoms with Crippen LogP contribution in [0.25, 0.3) is 16.9 Å². The summed E-state index contributed by atoms with van der Waals surface area (Å²) >= 11 is 0. The highest BCUT2D eigenvalue weighted by Gasteiger charge is 2.39. The zero-order valence-electron chi connectivity index (χ0n) is 22.0. The SMILES string of the molecule is COc1ccc(-c2nc3c(C(=O)N4CCN([C@@H](C)c5cc(F)cc(F)c5)CC4)cnn3c(C(F)(F)F)c2C)cc1. The number of halogens is 5. The number of methoxy groups -OCH3 is 1. The monoisotopic (exact) mass is 559 g/mol. The van der Waals surface area contributed by atoms with Gasteiger partial charge in [-0.1, -0.05) is 0 Å². The summed E-state index contributed by atoms with van der Waals surface area (Å²) in [6.07, 6.45) is -3.64. The highest BCUT2D eigenvalue weighted by molar-refractivity contribution is 6.00. The van der Waals surface area contributed by atoms with Crippen LogP contribution in [0, 0.1) is 18.6 Å².